The van der Waals surface area contributed by atoms with Gasteiger partial charge in [0, 0.05) is 19.5 Å². The number of likely N-dealkylation sites (tertiary alicyclic amines) is 1. The summed E-state index contributed by atoms with van der Waals surface area (Å²) in [6.45, 7) is 34.3. The maximum Gasteiger partial charge on any atom is 0.305 e. The molecule has 0 aromatic heterocycles. The van der Waals surface area contributed by atoms with E-state index in [1.54, 1.807) is 0 Å². The zero-order chi connectivity index (χ0) is 51.4. The van der Waals surface area contributed by atoms with Crippen LogP contribution in [0.5, 0.6) is 0 Å². The number of unbranched alkanes of at least 4 members (excludes halogenated alkanes) is 28. The molecule has 0 aromatic rings. The van der Waals surface area contributed by atoms with Gasteiger partial charge in [-0.25, -0.2) is 0 Å². The van der Waals surface area contributed by atoms with Crippen LogP contribution in [-0.2, 0) is 14.3 Å². The number of esters is 1. The van der Waals surface area contributed by atoms with Gasteiger partial charge in [-0.1, -0.05) is 276 Å². The Morgan fingerprint density at radius 1 is 0.412 bits per heavy atom. The molecule has 1 aliphatic rings. The first-order chi connectivity index (χ1) is 33.4. The lowest BCUT2D eigenvalue weighted by molar-refractivity contribution is -0.144. The van der Waals surface area contributed by atoms with Crippen LogP contribution in [0.2, 0.25) is 0 Å². The standard InChI is InChI=1S/C38H75N3O3.2C10H22.2C2H6/c1-5-9-12-14-16-18-20-28-39(30-23-24-38(43)44-33-22-11-7-3)31-25-36-26-32-41(34-36)37(42)35-40(27-8-4)29-21-19-17-15-13-10-6-2;2*1-3-5-7-9-10-8-6-4-2;2*1-2/h36H,5-35H2,1-4H3;2*3-10H2,1-2H3;2*1-2H3. The Balaban J connectivity index is -0.000000696. The van der Waals surface area contributed by atoms with Gasteiger partial charge in [0.2, 0.25) is 5.91 Å². The normalized spacial score (nSPS) is 13.0. The number of amides is 1. The number of hydrogen-bond donors (Lipinski definition) is 0. The number of carbonyl (C=O) groups excluding carboxylic acids is 2. The lowest BCUT2D eigenvalue weighted by Gasteiger charge is -2.25. The van der Waals surface area contributed by atoms with Gasteiger partial charge >= 0.3 is 5.97 Å². The Hall–Kier alpha value is -1.14. The summed E-state index contributed by atoms with van der Waals surface area (Å²) in [7, 11) is 0. The minimum Gasteiger partial charge on any atom is -0.466 e. The Labute approximate surface area is 431 Å². The monoisotopic (exact) mass is 966 g/mol. The fourth-order valence-corrected chi connectivity index (χ4v) is 8.93. The van der Waals surface area contributed by atoms with Gasteiger partial charge in [-0.15, -0.1) is 0 Å². The molecule has 1 atom stereocenters. The molecule has 0 saturated carbocycles. The van der Waals surface area contributed by atoms with Crippen molar-refractivity contribution >= 4 is 11.9 Å². The van der Waals surface area contributed by atoms with Crippen LogP contribution < -0.4 is 0 Å². The van der Waals surface area contributed by atoms with E-state index in [4.69, 9.17) is 4.74 Å². The molecule has 0 spiro atoms. The molecule has 1 amide bonds. The lowest BCUT2D eigenvalue weighted by atomic mass is 10.0. The zero-order valence-electron chi connectivity index (χ0n) is 49.4. The molecule has 0 radical (unpaired) electrons. The van der Waals surface area contributed by atoms with Crippen LogP contribution in [0, 0.1) is 5.92 Å². The maximum atomic E-state index is 13.2. The quantitative estimate of drug-likeness (QED) is 0.0450. The van der Waals surface area contributed by atoms with E-state index in [2.05, 4.69) is 70.1 Å². The maximum absolute atomic E-state index is 13.2. The molecular weight excluding hydrogens is 835 g/mol. The van der Waals surface area contributed by atoms with Crippen molar-refractivity contribution in [1.29, 1.82) is 0 Å². The summed E-state index contributed by atoms with van der Waals surface area (Å²) in [5.74, 6) is 0.897. The molecule has 1 heterocycles. The summed E-state index contributed by atoms with van der Waals surface area (Å²) in [6.07, 6.45) is 49.5. The molecule has 68 heavy (non-hydrogen) atoms. The van der Waals surface area contributed by atoms with Crippen molar-refractivity contribution in [2.75, 3.05) is 59.0 Å². The van der Waals surface area contributed by atoms with Crippen molar-refractivity contribution in [3.05, 3.63) is 0 Å². The molecule has 6 heteroatoms. The third-order valence-corrected chi connectivity index (χ3v) is 13.3. The Bertz CT molecular complexity index is 884. The van der Waals surface area contributed by atoms with E-state index in [-0.39, 0.29) is 5.97 Å². The third kappa shape index (κ3) is 57.4. The second-order valence-corrected chi connectivity index (χ2v) is 19.9. The van der Waals surface area contributed by atoms with Crippen molar-refractivity contribution in [1.82, 2.24) is 14.7 Å². The van der Waals surface area contributed by atoms with E-state index in [1.807, 2.05) is 27.7 Å². The predicted molar refractivity (Wildman–Crippen MR) is 307 cm³/mol. The molecule has 1 saturated heterocycles. The number of rotatable bonds is 45. The molecule has 0 N–H and O–H groups in total. The number of nitrogens with zero attached hydrogens (tertiary/aromatic N) is 3. The van der Waals surface area contributed by atoms with Gasteiger partial charge < -0.3 is 14.5 Å². The van der Waals surface area contributed by atoms with Crippen LogP contribution in [-0.4, -0.2) is 85.5 Å². The minimum atomic E-state index is -0.0361. The van der Waals surface area contributed by atoms with E-state index < -0.39 is 0 Å². The van der Waals surface area contributed by atoms with Crippen molar-refractivity contribution < 1.29 is 14.3 Å². The second kappa shape index (κ2) is 65.9. The molecule has 0 aromatic carbocycles. The molecule has 1 aliphatic heterocycles. The van der Waals surface area contributed by atoms with Crippen LogP contribution in [0.4, 0.5) is 0 Å². The van der Waals surface area contributed by atoms with E-state index in [0.29, 0.717) is 31.4 Å². The molecule has 1 fully saturated rings. The Morgan fingerprint density at radius 3 is 1.16 bits per heavy atom. The minimum absolute atomic E-state index is 0.0361. The van der Waals surface area contributed by atoms with Gasteiger partial charge in [0.1, 0.15) is 0 Å². The second-order valence-electron chi connectivity index (χ2n) is 19.9. The smallest absolute Gasteiger partial charge is 0.305 e. The summed E-state index contributed by atoms with van der Waals surface area (Å²) in [5, 5.41) is 0. The van der Waals surface area contributed by atoms with Crippen LogP contribution in [0.1, 0.15) is 327 Å². The predicted octanol–water partition coefficient (Wildman–Crippen LogP) is 19.6. The largest absolute Gasteiger partial charge is 0.466 e. The fraction of sp³-hybridized carbons (Fsp3) is 0.968. The first-order valence-electron chi connectivity index (χ1n) is 31.2. The van der Waals surface area contributed by atoms with Gasteiger partial charge in [-0.2, -0.15) is 0 Å². The van der Waals surface area contributed by atoms with Gasteiger partial charge in [-0.05, 0) is 83.6 Å². The zero-order valence-corrected chi connectivity index (χ0v) is 49.4. The first-order valence-corrected chi connectivity index (χ1v) is 31.2. The van der Waals surface area contributed by atoms with E-state index >= 15 is 0 Å². The molecule has 1 rings (SSSR count). The van der Waals surface area contributed by atoms with Crippen LogP contribution >= 0.6 is 0 Å². The summed E-state index contributed by atoms with van der Waals surface area (Å²) in [6, 6.07) is 0. The van der Waals surface area contributed by atoms with Crippen LogP contribution in [0.25, 0.3) is 0 Å². The van der Waals surface area contributed by atoms with E-state index in [0.717, 1.165) is 90.8 Å². The average molecular weight is 967 g/mol. The summed E-state index contributed by atoms with van der Waals surface area (Å²) in [5.41, 5.74) is 0. The first kappa shape index (κ1) is 73.4. The molecule has 1 unspecified atom stereocenters. The highest BCUT2D eigenvalue weighted by atomic mass is 16.5. The van der Waals surface area contributed by atoms with Crippen molar-refractivity contribution in [3.63, 3.8) is 0 Å². The van der Waals surface area contributed by atoms with Gasteiger partial charge in [0.25, 0.3) is 0 Å². The summed E-state index contributed by atoms with van der Waals surface area (Å²) >= 11 is 0. The van der Waals surface area contributed by atoms with Crippen molar-refractivity contribution in [3.8, 4) is 0 Å². The SMILES string of the molecule is CC.CC.CCCCCCCCCC.CCCCCCCCCC.CCCCCCCCCN(CCCC(=O)OCCCCC)CCC1CCN(C(=O)CN(CCC)CCCCCCCCC)C1. The van der Waals surface area contributed by atoms with Crippen LogP contribution in [0.3, 0.4) is 0 Å². The van der Waals surface area contributed by atoms with Gasteiger partial charge in [-0.3, -0.25) is 14.5 Å². The fourth-order valence-electron chi connectivity index (χ4n) is 8.93. The Morgan fingerprint density at radius 2 is 0.765 bits per heavy atom. The molecule has 412 valence electrons. The molecular formula is C62H131N3O3. The van der Waals surface area contributed by atoms with Crippen molar-refractivity contribution in [2.24, 2.45) is 5.92 Å². The van der Waals surface area contributed by atoms with Gasteiger partial charge in [0.05, 0.1) is 13.2 Å². The lowest BCUT2D eigenvalue weighted by Crippen LogP contribution is -2.40. The highest BCUT2D eigenvalue weighted by Gasteiger charge is 2.27. The highest BCUT2D eigenvalue weighted by Crippen LogP contribution is 2.21. The molecule has 0 bridgehead atoms. The van der Waals surface area contributed by atoms with Gasteiger partial charge in [0.15, 0.2) is 0 Å². The van der Waals surface area contributed by atoms with Crippen molar-refractivity contribution in [2.45, 2.75) is 327 Å². The third-order valence-electron chi connectivity index (χ3n) is 13.3. The average Bonchev–Trinajstić information content (AvgIpc) is 3.85. The van der Waals surface area contributed by atoms with E-state index in [9.17, 15) is 9.59 Å². The summed E-state index contributed by atoms with van der Waals surface area (Å²) in [4.78, 5) is 32.6. The number of carbonyl (C=O) groups is 2. The number of hydrogen-bond acceptors (Lipinski definition) is 5. The topological polar surface area (TPSA) is 53.1 Å². The summed E-state index contributed by atoms with van der Waals surface area (Å²) < 4.78 is 5.44. The highest BCUT2D eigenvalue weighted by molar-refractivity contribution is 5.78. The van der Waals surface area contributed by atoms with Crippen LogP contribution in [0.15, 0.2) is 0 Å². The number of ether oxygens (including phenoxy) is 1. The molecule has 6 nitrogen and oxygen atoms in total. The van der Waals surface area contributed by atoms with E-state index in [1.165, 1.54) is 193 Å². The molecule has 0 aliphatic carbocycles. The Kier molecular flexibility index (Phi) is 71.1.